The number of nitrogens with two attached hydrogens (primary N) is 2. The molecule has 1 aromatic carbocycles. The van der Waals surface area contributed by atoms with Crippen molar-refractivity contribution in [1.82, 2.24) is 19.5 Å². The summed E-state index contributed by atoms with van der Waals surface area (Å²) in [6.45, 7) is 5.69. The Bertz CT molecular complexity index is 982. The molecule has 7 nitrogen and oxygen atoms in total. The predicted molar refractivity (Wildman–Crippen MR) is 109 cm³/mol. The van der Waals surface area contributed by atoms with Gasteiger partial charge in [0.25, 0.3) is 0 Å². The highest BCUT2D eigenvalue weighted by molar-refractivity contribution is 8.00. The summed E-state index contributed by atoms with van der Waals surface area (Å²) in [6.07, 6.45) is 0. The number of rotatable bonds is 5. The molecule has 0 radical (unpaired) electrons. The highest BCUT2D eigenvalue weighted by atomic mass is 35.5. The maximum Gasteiger partial charge on any atom is 0.225 e. The molecule has 0 spiro atoms. The highest BCUT2D eigenvalue weighted by Crippen LogP contribution is 2.28. The van der Waals surface area contributed by atoms with Gasteiger partial charge >= 0.3 is 0 Å². The van der Waals surface area contributed by atoms with Gasteiger partial charge in [-0.25, -0.2) is 0 Å². The number of anilines is 2. The summed E-state index contributed by atoms with van der Waals surface area (Å²) in [5, 5.41) is 0.580. The molecule has 0 aliphatic heterocycles. The molecular weight excluding hydrogens is 384 g/mol. The van der Waals surface area contributed by atoms with Gasteiger partial charge in [0.05, 0.1) is 5.25 Å². The molecule has 3 rings (SSSR count). The molecule has 27 heavy (non-hydrogen) atoms. The number of aromatic nitrogens is 4. The lowest BCUT2D eigenvalue weighted by atomic mass is 10.1. The average Bonchev–Trinajstić information content (AvgIpc) is 2.88. The Hall–Kier alpha value is -2.58. The number of nitrogens with zero attached hydrogens (tertiary/aromatic N) is 4. The molecule has 2 aromatic heterocycles. The molecule has 0 aliphatic rings. The van der Waals surface area contributed by atoms with Crippen LogP contribution in [0.15, 0.2) is 35.5 Å². The first-order chi connectivity index (χ1) is 12.8. The van der Waals surface area contributed by atoms with E-state index in [0.29, 0.717) is 15.7 Å². The molecule has 4 N–H and O–H groups in total. The van der Waals surface area contributed by atoms with Gasteiger partial charge in [0.1, 0.15) is 0 Å². The Morgan fingerprint density at radius 3 is 2.30 bits per heavy atom. The third kappa shape index (κ3) is 4.06. The molecule has 0 aliphatic carbocycles. The van der Waals surface area contributed by atoms with Gasteiger partial charge in [-0.1, -0.05) is 23.4 Å². The minimum absolute atomic E-state index is 0.0223. The van der Waals surface area contributed by atoms with Crippen LogP contribution in [0.5, 0.6) is 0 Å². The fraction of sp³-hybridized carbons (Fsp3) is 0.222. The fourth-order valence-electron chi connectivity index (χ4n) is 2.87. The second-order valence-corrected chi connectivity index (χ2v) is 7.80. The number of nitrogen functional groups attached to an aromatic ring is 2. The topological polar surface area (TPSA) is 113 Å². The molecule has 1 unspecified atom stereocenters. The Morgan fingerprint density at radius 2 is 1.70 bits per heavy atom. The number of halogens is 1. The number of carbonyl (C=O) groups is 1. The molecule has 2 heterocycles. The van der Waals surface area contributed by atoms with Crippen molar-refractivity contribution >= 4 is 41.0 Å². The smallest absolute Gasteiger partial charge is 0.225 e. The van der Waals surface area contributed by atoms with Gasteiger partial charge in [-0.3, -0.25) is 4.79 Å². The summed E-state index contributed by atoms with van der Waals surface area (Å²) in [4.78, 5) is 24.8. The summed E-state index contributed by atoms with van der Waals surface area (Å²) in [5.74, 6) is 0.0435. The van der Waals surface area contributed by atoms with E-state index < -0.39 is 5.25 Å². The van der Waals surface area contributed by atoms with E-state index in [-0.39, 0.29) is 17.7 Å². The lowest BCUT2D eigenvalue weighted by molar-refractivity contribution is 0.0993. The van der Waals surface area contributed by atoms with Crippen molar-refractivity contribution in [2.75, 3.05) is 11.5 Å². The van der Waals surface area contributed by atoms with Gasteiger partial charge in [-0.15, -0.1) is 0 Å². The Labute approximate surface area is 166 Å². The quantitative estimate of drug-likeness (QED) is 0.496. The van der Waals surface area contributed by atoms with Gasteiger partial charge in [0.2, 0.25) is 11.9 Å². The van der Waals surface area contributed by atoms with Crippen LogP contribution in [0.3, 0.4) is 0 Å². The van der Waals surface area contributed by atoms with E-state index >= 15 is 0 Å². The Balaban J connectivity index is 1.88. The lowest BCUT2D eigenvalue weighted by Gasteiger charge is -2.12. The van der Waals surface area contributed by atoms with E-state index in [1.165, 1.54) is 11.8 Å². The third-order valence-electron chi connectivity index (χ3n) is 4.08. The van der Waals surface area contributed by atoms with E-state index in [1.54, 1.807) is 6.92 Å². The zero-order chi connectivity index (χ0) is 19.7. The molecule has 0 saturated carbocycles. The van der Waals surface area contributed by atoms with Crippen LogP contribution >= 0.6 is 23.4 Å². The van der Waals surface area contributed by atoms with Crippen molar-refractivity contribution < 1.29 is 4.79 Å². The molecular formula is C18H19ClN6OS. The number of ketones is 1. The molecule has 0 saturated heterocycles. The Morgan fingerprint density at radius 1 is 1.11 bits per heavy atom. The SMILES string of the molecule is Cc1cc(C(=O)C(C)Sc2nc(N)nc(N)n2)c(C)n1-c1ccc(Cl)cc1. The van der Waals surface area contributed by atoms with Gasteiger partial charge in [0, 0.05) is 27.7 Å². The standard InChI is InChI=1S/C18H19ClN6OS/c1-9-8-14(10(2)25(9)13-6-4-12(19)5-7-13)15(26)11(3)27-18-23-16(20)22-17(21)24-18/h4-8,11H,1-3H3,(H4,20,21,22,23,24). The van der Waals surface area contributed by atoms with E-state index in [9.17, 15) is 4.79 Å². The van der Waals surface area contributed by atoms with E-state index in [2.05, 4.69) is 15.0 Å². The number of aryl methyl sites for hydroxylation is 1. The maximum absolute atomic E-state index is 13.0. The molecule has 140 valence electrons. The first-order valence-corrected chi connectivity index (χ1v) is 9.45. The second-order valence-electron chi connectivity index (χ2n) is 6.06. The van der Waals surface area contributed by atoms with Crippen molar-refractivity contribution in [3.63, 3.8) is 0 Å². The number of carbonyl (C=O) groups excluding carboxylic acids is 1. The minimum atomic E-state index is -0.412. The van der Waals surface area contributed by atoms with Crippen LogP contribution in [-0.2, 0) is 0 Å². The number of hydrogen-bond acceptors (Lipinski definition) is 7. The zero-order valence-electron chi connectivity index (χ0n) is 15.1. The number of hydrogen-bond donors (Lipinski definition) is 2. The van der Waals surface area contributed by atoms with Crippen LogP contribution in [0, 0.1) is 13.8 Å². The molecule has 3 aromatic rings. The monoisotopic (exact) mass is 402 g/mol. The van der Waals surface area contributed by atoms with Gasteiger partial charge in [0.15, 0.2) is 10.9 Å². The predicted octanol–water partition coefficient (Wildman–Crippen LogP) is 3.46. The maximum atomic E-state index is 13.0. The van der Waals surface area contributed by atoms with Gasteiger partial charge < -0.3 is 16.0 Å². The molecule has 1 atom stereocenters. The van der Waals surface area contributed by atoms with Crippen LogP contribution in [0.25, 0.3) is 5.69 Å². The average molecular weight is 403 g/mol. The van der Waals surface area contributed by atoms with Crippen LogP contribution in [0.1, 0.15) is 28.7 Å². The highest BCUT2D eigenvalue weighted by Gasteiger charge is 2.23. The number of thioether (sulfide) groups is 1. The first-order valence-electron chi connectivity index (χ1n) is 8.19. The number of Topliss-reactive ketones (excluding diaryl/α,β-unsaturated/α-hetero) is 1. The molecule has 0 bridgehead atoms. The molecule has 9 heteroatoms. The fourth-order valence-corrected chi connectivity index (χ4v) is 3.84. The minimum Gasteiger partial charge on any atom is -0.368 e. The van der Waals surface area contributed by atoms with Crippen LogP contribution < -0.4 is 11.5 Å². The van der Waals surface area contributed by atoms with Gasteiger partial charge in [-0.05, 0) is 51.1 Å². The van der Waals surface area contributed by atoms with Crippen molar-refractivity contribution in [3.8, 4) is 5.69 Å². The van der Waals surface area contributed by atoms with E-state index in [1.807, 2.05) is 48.7 Å². The summed E-state index contributed by atoms with van der Waals surface area (Å²) < 4.78 is 2.03. The summed E-state index contributed by atoms with van der Waals surface area (Å²) >= 11 is 7.17. The van der Waals surface area contributed by atoms with Crippen molar-refractivity contribution in [2.45, 2.75) is 31.2 Å². The Kier molecular flexibility index (Phi) is 5.38. The molecule has 0 fully saturated rings. The van der Waals surface area contributed by atoms with Crippen LogP contribution in [0.2, 0.25) is 5.02 Å². The lowest BCUT2D eigenvalue weighted by Crippen LogP contribution is -2.16. The normalized spacial score (nSPS) is 12.1. The van der Waals surface area contributed by atoms with Crippen LogP contribution in [-0.4, -0.2) is 30.6 Å². The van der Waals surface area contributed by atoms with Gasteiger partial charge in [-0.2, -0.15) is 15.0 Å². The summed E-state index contributed by atoms with van der Waals surface area (Å²) in [7, 11) is 0. The summed E-state index contributed by atoms with van der Waals surface area (Å²) in [6, 6.07) is 9.38. The van der Waals surface area contributed by atoms with E-state index in [4.69, 9.17) is 23.1 Å². The largest absolute Gasteiger partial charge is 0.368 e. The second kappa shape index (κ2) is 7.58. The van der Waals surface area contributed by atoms with Crippen molar-refractivity contribution in [2.24, 2.45) is 0 Å². The zero-order valence-corrected chi connectivity index (χ0v) is 16.7. The van der Waals surface area contributed by atoms with Crippen molar-refractivity contribution in [3.05, 3.63) is 52.3 Å². The number of benzene rings is 1. The first kappa shape index (κ1) is 19.2. The van der Waals surface area contributed by atoms with E-state index in [0.717, 1.165) is 17.1 Å². The van der Waals surface area contributed by atoms with Crippen molar-refractivity contribution in [1.29, 1.82) is 0 Å². The molecule has 0 amide bonds. The third-order valence-corrected chi connectivity index (χ3v) is 5.30. The summed E-state index contributed by atoms with van der Waals surface area (Å²) in [5.41, 5.74) is 14.6. The van der Waals surface area contributed by atoms with Crippen LogP contribution in [0.4, 0.5) is 11.9 Å².